The van der Waals surface area contributed by atoms with E-state index < -0.39 is 23.6 Å². The third kappa shape index (κ3) is 3.77. The molecule has 3 rings (SSSR count). The van der Waals surface area contributed by atoms with Crippen LogP contribution >= 0.6 is 11.6 Å². The molecule has 0 saturated carbocycles. The van der Waals surface area contributed by atoms with E-state index in [9.17, 15) is 18.8 Å². The smallest absolute Gasteiger partial charge is 0.353 e. The van der Waals surface area contributed by atoms with Crippen molar-refractivity contribution in [1.82, 2.24) is 10.2 Å². The van der Waals surface area contributed by atoms with Gasteiger partial charge in [-0.25, -0.2) is 9.18 Å². The minimum Gasteiger partial charge on any atom is -0.464 e. The molecule has 0 aromatic heterocycles. The zero-order chi connectivity index (χ0) is 21.3. The first-order valence-corrected chi connectivity index (χ1v) is 8.79. The largest absolute Gasteiger partial charge is 0.464 e. The van der Waals surface area contributed by atoms with Crippen molar-refractivity contribution in [3.05, 3.63) is 82.9 Å². The highest BCUT2D eigenvalue weighted by atomic mass is 35.5. The summed E-state index contributed by atoms with van der Waals surface area (Å²) in [7, 11) is 1.15. The van der Waals surface area contributed by atoms with Gasteiger partial charge in [0.05, 0.1) is 18.7 Å². The molecule has 1 aliphatic rings. The average Bonchev–Trinajstić information content (AvgIpc) is 3.05. The summed E-state index contributed by atoms with van der Waals surface area (Å²) in [5.41, 5.74) is 1.94. The van der Waals surface area contributed by atoms with Gasteiger partial charge in [0, 0.05) is 5.56 Å². The Bertz CT molecular complexity index is 1080. The van der Waals surface area contributed by atoms with Crippen molar-refractivity contribution in [3.8, 4) is 11.1 Å². The monoisotopic (exact) mass is 414 g/mol. The lowest BCUT2D eigenvalue weighted by Gasteiger charge is -2.18. The lowest BCUT2D eigenvalue weighted by molar-refractivity contribution is -0.137. The highest BCUT2D eigenvalue weighted by Gasteiger charge is 2.33. The molecule has 0 radical (unpaired) electrons. The van der Waals surface area contributed by atoms with Crippen LogP contribution in [0.25, 0.3) is 11.1 Å². The number of carbonyl (C=O) groups is 3. The van der Waals surface area contributed by atoms with E-state index in [1.165, 1.54) is 17.0 Å². The van der Waals surface area contributed by atoms with E-state index in [1.807, 2.05) is 0 Å². The van der Waals surface area contributed by atoms with Gasteiger partial charge < -0.3 is 10.1 Å². The molecule has 2 amide bonds. The number of halogens is 2. The summed E-state index contributed by atoms with van der Waals surface area (Å²) >= 11 is 5.88. The lowest BCUT2D eigenvalue weighted by atomic mass is 9.97. The predicted molar refractivity (Wildman–Crippen MR) is 105 cm³/mol. The van der Waals surface area contributed by atoms with E-state index >= 15 is 0 Å². The van der Waals surface area contributed by atoms with Crippen molar-refractivity contribution in [2.75, 3.05) is 7.11 Å². The minimum atomic E-state index is -0.808. The molecule has 0 aliphatic carbocycles. The van der Waals surface area contributed by atoms with Gasteiger partial charge >= 0.3 is 5.97 Å². The Balaban J connectivity index is 1.88. The number of nitrogens with one attached hydrogen (secondary N) is 1. The summed E-state index contributed by atoms with van der Waals surface area (Å²) in [6.07, 6.45) is 0. The number of fused-ring (bicyclic) bond motifs is 1. The molecule has 148 valence electrons. The summed E-state index contributed by atoms with van der Waals surface area (Å²) in [6.45, 7) is 7.15. The molecule has 2 aromatic carbocycles. The van der Waals surface area contributed by atoms with Crippen LogP contribution in [0.2, 0.25) is 5.02 Å². The highest BCUT2D eigenvalue weighted by Crippen LogP contribution is 2.35. The predicted octanol–water partition coefficient (Wildman–Crippen LogP) is 3.42. The van der Waals surface area contributed by atoms with Crippen LogP contribution in [-0.4, -0.2) is 29.8 Å². The van der Waals surface area contributed by atoms with Gasteiger partial charge in [0.1, 0.15) is 17.2 Å². The van der Waals surface area contributed by atoms with Gasteiger partial charge in [-0.05, 0) is 34.9 Å². The third-order valence-electron chi connectivity index (χ3n) is 4.48. The number of benzene rings is 2. The second-order valence-electron chi connectivity index (χ2n) is 6.22. The van der Waals surface area contributed by atoms with Crippen LogP contribution in [0, 0.1) is 5.82 Å². The van der Waals surface area contributed by atoms with Crippen LogP contribution < -0.4 is 5.32 Å². The molecule has 0 unspecified atom stereocenters. The number of nitrogens with zero attached hydrogens (tertiary/aromatic N) is 1. The van der Waals surface area contributed by atoms with Gasteiger partial charge in [-0.2, -0.15) is 0 Å². The molecule has 0 fully saturated rings. The summed E-state index contributed by atoms with van der Waals surface area (Å²) in [5, 5.41) is 2.22. The van der Waals surface area contributed by atoms with E-state index in [4.69, 9.17) is 11.6 Å². The molecular weight excluding hydrogens is 399 g/mol. The Morgan fingerprint density at radius 1 is 1.21 bits per heavy atom. The Labute approximate surface area is 171 Å². The fourth-order valence-electron chi connectivity index (χ4n) is 2.99. The first-order valence-electron chi connectivity index (χ1n) is 8.41. The van der Waals surface area contributed by atoms with Gasteiger partial charge in [0.2, 0.25) is 0 Å². The normalized spacial score (nSPS) is 12.4. The minimum absolute atomic E-state index is 0.0357. The molecule has 1 N–H and O–H groups in total. The summed E-state index contributed by atoms with van der Waals surface area (Å²) in [5.74, 6) is -2.53. The average molecular weight is 415 g/mol. The molecular formula is C21H16ClFN2O4. The molecule has 2 aromatic rings. The van der Waals surface area contributed by atoms with E-state index in [-0.39, 0.29) is 23.0 Å². The number of hydrogen-bond donors (Lipinski definition) is 1. The number of amides is 2. The van der Waals surface area contributed by atoms with Crippen molar-refractivity contribution in [1.29, 1.82) is 0 Å². The Morgan fingerprint density at radius 3 is 2.55 bits per heavy atom. The molecule has 6 nitrogen and oxygen atoms in total. The van der Waals surface area contributed by atoms with Crippen LogP contribution in [0.5, 0.6) is 0 Å². The van der Waals surface area contributed by atoms with Gasteiger partial charge in [0.25, 0.3) is 11.8 Å². The van der Waals surface area contributed by atoms with E-state index in [0.717, 1.165) is 7.11 Å². The zero-order valence-electron chi connectivity index (χ0n) is 15.4. The molecule has 0 saturated heterocycles. The maximum absolute atomic E-state index is 13.5. The maximum Gasteiger partial charge on any atom is 0.353 e. The standard InChI is InChI=1S/C21H16ClFN2O4/c1-11(21(28)29-3)24-19(26)12(2)25-10-16-14(5-4-6-15(16)20(25)27)13-7-8-18(23)17(22)9-13/h4-9H,1-2,10H2,3H3,(H,24,26). The van der Waals surface area contributed by atoms with Crippen LogP contribution in [-0.2, 0) is 20.9 Å². The number of hydrogen-bond acceptors (Lipinski definition) is 4. The van der Waals surface area contributed by atoms with Crippen LogP contribution in [0.4, 0.5) is 4.39 Å². The van der Waals surface area contributed by atoms with Crippen molar-refractivity contribution in [2.24, 2.45) is 0 Å². The van der Waals surface area contributed by atoms with Crippen molar-refractivity contribution in [2.45, 2.75) is 6.54 Å². The van der Waals surface area contributed by atoms with Crippen molar-refractivity contribution < 1.29 is 23.5 Å². The topological polar surface area (TPSA) is 75.7 Å². The molecule has 1 aliphatic heterocycles. The Kier molecular flexibility index (Phi) is 5.52. The quantitative estimate of drug-likeness (QED) is 0.601. The fraction of sp³-hybridized carbons (Fsp3) is 0.0952. The van der Waals surface area contributed by atoms with Crippen LogP contribution in [0.3, 0.4) is 0 Å². The third-order valence-corrected chi connectivity index (χ3v) is 4.77. The lowest BCUT2D eigenvalue weighted by Crippen LogP contribution is -2.36. The Morgan fingerprint density at radius 2 is 1.90 bits per heavy atom. The molecule has 0 atom stereocenters. The number of ether oxygens (including phenoxy) is 1. The molecule has 1 heterocycles. The molecule has 8 heteroatoms. The van der Waals surface area contributed by atoms with Crippen LogP contribution in [0.1, 0.15) is 15.9 Å². The second-order valence-corrected chi connectivity index (χ2v) is 6.63. The number of carbonyl (C=O) groups excluding carboxylic acids is 3. The first kappa shape index (κ1) is 20.3. The molecule has 0 spiro atoms. The first-order chi connectivity index (χ1) is 13.7. The van der Waals surface area contributed by atoms with Gasteiger partial charge in [0.15, 0.2) is 0 Å². The number of methoxy groups -OCH3 is 1. The van der Waals surface area contributed by atoms with Gasteiger partial charge in [-0.3, -0.25) is 14.5 Å². The summed E-state index contributed by atoms with van der Waals surface area (Å²) in [4.78, 5) is 37.8. The highest BCUT2D eigenvalue weighted by molar-refractivity contribution is 6.31. The van der Waals surface area contributed by atoms with Crippen LogP contribution in [0.15, 0.2) is 61.0 Å². The summed E-state index contributed by atoms with van der Waals surface area (Å²) < 4.78 is 18.0. The SMILES string of the molecule is C=C(NC(=O)C(=C)N1Cc2c(cccc2-c2ccc(F)c(Cl)c2)C1=O)C(=O)OC. The maximum atomic E-state index is 13.5. The van der Waals surface area contributed by atoms with Gasteiger partial charge in [-0.1, -0.05) is 43.0 Å². The van der Waals surface area contributed by atoms with E-state index in [0.29, 0.717) is 22.3 Å². The fourth-order valence-corrected chi connectivity index (χ4v) is 3.17. The number of rotatable bonds is 5. The van der Waals surface area contributed by atoms with Crippen molar-refractivity contribution >= 4 is 29.4 Å². The number of esters is 1. The van der Waals surface area contributed by atoms with E-state index in [1.54, 1.807) is 24.3 Å². The second kappa shape index (κ2) is 7.89. The Hall–Kier alpha value is -3.45. The molecule has 29 heavy (non-hydrogen) atoms. The zero-order valence-corrected chi connectivity index (χ0v) is 16.2. The molecule has 0 bridgehead atoms. The van der Waals surface area contributed by atoms with Crippen molar-refractivity contribution in [3.63, 3.8) is 0 Å². The van der Waals surface area contributed by atoms with E-state index in [2.05, 4.69) is 23.2 Å². The van der Waals surface area contributed by atoms with Gasteiger partial charge in [-0.15, -0.1) is 0 Å². The summed E-state index contributed by atoms with van der Waals surface area (Å²) in [6, 6.07) is 9.38.